The smallest absolute Gasteiger partial charge is 0.0367 e. The summed E-state index contributed by atoms with van der Waals surface area (Å²) >= 11 is 0. The summed E-state index contributed by atoms with van der Waals surface area (Å²) in [5.74, 6) is 0. The molecule has 0 aromatic heterocycles. The number of rotatable bonds is 1. The molecule has 0 heterocycles. The Kier molecular flexibility index (Phi) is 2.65. The van der Waals surface area contributed by atoms with Crippen molar-refractivity contribution in [3.63, 3.8) is 0 Å². The van der Waals surface area contributed by atoms with Crippen LogP contribution in [0, 0.1) is 6.92 Å². The minimum atomic E-state index is 0.247. The Morgan fingerprint density at radius 3 is 2.15 bits per heavy atom. The third-order valence-electron chi connectivity index (χ3n) is 2.36. The quantitative estimate of drug-likeness (QED) is 0.693. The second-order valence-corrected chi connectivity index (χ2v) is 4.53. The molecule has 0 aliphatic heterocycles. The summed E-state index contributed by atoms with van der Waals surface area (Å²) in [5, 5.41) is 3.17. The van der Waals surface area contributed by atoms with E-state index in [1.807, 2.05) is 7.05 Å². The van der Waals surface area contributed by atoms with Gasteiger partial charge in [-0.3, -0.25) is 0 Å². The summed E-state index contributed by atoms with van der Waals surface area (Å²) in [5.41, 5.74) is 4.17. The Bertz CT molecular complexity index is 294. The van der Waals surface area contributed by atoms with E-state index in [2.05, 4.69) is 51.2 Å². The molecule has 0 bridgehead atoms. The minimum Gasteiger partial charge on any atom is -0.388 e. The summed E-state index contributed by atoms with van der Waals surface area (Å²) in [6.07, 6.45) is 0. The van der Waals surface area contributed by atoms with Gasteiger partial charge in [0, 0.05) is 12.7 Å². The summed E-state index contributed by atoms with van der Waals surface area (Å²) in [6, 6.07) is 6.60. The fourth-order valence-electron chi connectivity index (χ4n) is 1.41. The zero-order valence-corrected chi connectivity index (χ0v) is 9.23. The maximum atomic E-state index is 3.17. The Morgan fingerprint density at radius 1 is 1.15 bits per heavy atom. The van der Waals surface area contributed by atoms with E-state index in [4.69, 9.17) is 0 Å². The SMILES string of the molecule is CNc1ccc(C(C)(C)C)cc1C. The van der Waals surface area contributed by atoms with Crippen LogP contribution in [0.4, 0.5) is 5.69 Å². The number of benzene rings is 1. The van der Waals surface area contributed by atoms with Gasteiger partial charge in [0.2, 0.25) is 0 Å². The van der Waals surface area contributed by atoms with Gasteiger partial charge in [0.1, 0.15) is 0 Å². The molecule has 1 rings (SSSR count). The Balaban J connectivity index is 3.10. The molecule has 0 spiro atoms. The lowest BCUT2D eigenvalue weighted by atomic mass is 9.86. The van der Waals surface area contributed by atoms with Crippen LogP contribution < -0.4 is 5.32 Å². The molecular formula is C12H19N. The summed E-state index contributed by atoms with van der Waals surface area (Å²) in [4.78, 5) is 0. The first-order valence-corrected chi connectivity index (χ1v) is 4.74. The molecular weight excluding hydrogens is 158 g/mol. The van der Waals surface area contributed by atoms with Crippen LogP contribution >= 0.6 is 0 Å². The fraction of sp³-hybridized carbons (Fsp3) is 0.500. The average Bonchev–Trinajstić information content (AvgIpc) is 2.02. The second-order valence-electron chi connectivity index (χ2n) is 4.53. The monoisotopic (exact) mass is 177 g/mol. The van der Waals surface area contributed by atoms with E-state index in [1.54, 1.807) is 0 Å². The van der Waals surface area contributed by atoms with Crippen LogP contribution in [0.3, 0.4) is 0 Å². The molecule has 0 unspecified atom stereocenters. The van der Waals surface area contributed by atoms with Gasteiger partial charge in [-0.2, -0.15) is 0 Å². The van der Waals surface area contributed by atoms with Gasteiger partial charge in [-0.1, -0.05) is 32.9 Å². The summed E-state index contributed by atoms with van der Waals surface area (Å²) in [6.45, 7) is 8.85. The first kappa shape index (κ1) is 10.1. The molecule has 0 amide bonds. The molecule has 0 atom stereocenters. The zero-order valence-electron chi connectivity index (χ0n) is 9.23. The lowest BCUT2D eigenvalue weighted by Gasteiger charge is -2.20. The normalized spacial score (nSPS) is 11.5. The van der Waals surface area contributed by atoms with Crippen molar-refractivity contribution in [1.82, 2.24) is 0 Å². The van der Waals surface area contributed by atoms with Crippen LogP contribution in [-0.2, 0) is 5.41 Å². The fourth-order valence-corrected chi connectivity index (χ4v) is 1.41. The van der Waals surface area contributed by atoms with E-state index < -0.39 is 0 Å². The predicted molar refractivity (Wildman–Crippen MR) is 59.4 cm³/mol. The van der Waals surface area contributed by atoms with Gasteiger partial charge in [-0.15, -0.1) is 0 Å². The number of nitrogens with one attached hydrogen (secondary N) is 1. The molecule has 13 heavy (non-hydrogen) atoms. The molecule has 0 saturated carbocycles. The van der Waals surface area contributed by atoms with E-state index >= 15 is 0 Å². The third-order valence-corrected chi connectivity index (χ3v) is 2.36. The highest BCUT2D eigenvalue weighted by atomic mass is 14.8. The molecule has 1 aromatic rings. The van der Waals surface area contributed by atoms with Gasteiger partial charge in [0.25, 0.3) is 0 Å². The largest absolute Gasteiger partial charge is 0.388 e. The van der Waals surface area contributed by atoms with Crippen LogP contribution in [-0.4, -0.2) is 7.05 Å². The minimum absolute atomic E-state index is 0.247. The van der Waals surface area contributed by atoms with Gasteiger partial charge in [-0.05, 0) is 29.5 Å². The molecule has 0 radical (unpaired) electrons. The van der Waals surface area contributed by atoms with E-state index in [0.29, 0.717) is 0 Å². The Hall–Kier alpha value is -0.980. The number of anilines is 1. The van der Waals surface area contributed by atoms with Gasteiger partial charge >= 0.3 is 0 Å². The first-order chi connectivity index (χ1) is 5.95. The van der Waals surface area contributed by atoms with E-state index in [0.717, 1.165) is 0 Å². The van der Waals surface area contributed by atoms with Crippen molar-refractivity contribution < 1.29 is 0 Å². The van der Waals surface area contributed by atoms with Crippen molar-refractivity contribution in [2.24, 2.45) is 0 Å². The molecule has 0 aliphatic rings. The van der Waals surface area contributed by atoms with Crippen LogP contribution in [0.2, 0.25) is 0 Å². The maximum Gasteiger partial charge on any atom is 0.0367 e. The van der Waals surface area contributed by atoms with Crippen LogP contribution in [0.15, 0.2) is 18.2 Å². The van der Waals surface area contributed by atoms with Gasteiger partial charge < -0.3 is 5.32 Å². The van der Waals surface area contributed by atoms with Crippen molar-refractivity contribution in [2.75, 3.05) is 12.4 Å². The lowest BCUT2D eigenvalue weighted by molar-refractivity contribution is 0.590. The Labute approximate surface area is 81.2 Å². The molecule has 0 saturated heterocycles. The predicted octanol–water partition coefficient (Wildman–Crippen LogP) is 3.33. The van der Waals surface area contributed by atoms with Crippen molar-refractivity contribution in [2.45, 2.75) is 33.1 Å². The molecule has 1 nitrogen and oxygen atoms in total. The van der Waals surface area contributed by atoms with Gasteiger partial charge in [0.05, 0.1) is 0 Å². The van der Waals surface area contributed by atoms with E-state index in [1.165, 1.54) is 16.8 Å². The first-order valence-electron chi connectivity index (χ1n) is 4.74. The molecule has 1 aromatic carbocycles. The van der Waals surface area contributed by atoms with E-state index in [-0.39, 0.29) is 5.41 Å². The molecule has 0 aliphatic carbocycles. The van der Waals surface area contributed by atoms with Crippen molar-refractivity contribution in [3.05, 3.63) is 29.3 Å². The van der Waals surface area contributed by atoms with Gasteiger partial charge in [-0.25, -0.2) is 0 Å². The van der Waals surface area contributed by atoms with Crippen LogP contribution in [0.5, 0.6) is 0 Å². The molecule has 72 valence electrons. The van der Waals surface area contributed by atoms with Crippen molar-refractivity contribution in [1.29, 1.82) is 0 Å². The summed E-state index contributed by atoms with van der Waals surface area (Å²) < 4.78 is 0. The third kappa shape index (κ3) is 2.24. The number of aryl methyl sites for hydroxylation is 1. The molecule has 1 heteroatoms. The van der Waals surface area contributed by atoms with Crippen LogP contribution in [0.25, 0.3) is 0 Å². The lowest BCUT2D eigenvalue weighted by Crippen LogP contribution is -2.11. The number of hydrogen-bond acceptors (Lipinski definition) is 1. The second kappa shape index (κ2) is 3.41. The van der Waals surface area contributed by atoms with Gasteiger partial charge in [0.15, 0.2) is 0 Å². The van der Waals surface area contributed by atoms with Crippen LogP contribution in [0.1, 0.15) is 31.9 Å². The summed E-state index contributed by atoms with van der Waals surface area (Å²) in [7, 11) is 1.96. The maximum absolute atomic E-state index is 3.17. The standard InChI is InChI=1S/C12H19N/c1-9-8-10(12(2,3)4)6-7-11(9)13-5/h6-8,13H,1-5H3. The topological polar surface area (TPSA) is 12.0 Å². The van der Waals surface area contributed by atoms with E-state index in [9.17, 15) is 0 Å². The Morgan fingerprint density at radius 2 is 1.77 bits per heavy atom. The zero-order chi connectivity index (χ0) is 10.1. The average molecular weight is 177 g/mol. The highest BCUT2D eigenvalue weighted by molar-refractivity contribution is 5.52. The number of hydrogen-bond donors (Lipinski definition) is 1. The molecule has 0 fully saturated rings. The highest BCUT2D eigenvalue weighted by Gasteiger charge is 2.13. The van der Waals surface area contributed by atoms with Crippen molar-refractivity contribution >= 4 is 5.69 Å². The molecule has 1 N–H and O–H groups in total. The highest BCUT2D eigenvalue weighted by Crippen LogP contribution is 2.25. The van der Waals surface area contributed by atoms with Crippen molar-refractivity contribution in [3.8, 4) is 0 Å².